The zero-order valence-corrected chi connectivity index (χ0v) is 14.0. The third-order valence-corrected chi connectivity index (χ3v) is 7.52. The van der Waals surface area contributed by atoms with Gasteiger partial charge in [-0.15, -0.1) is 22.9 Å². The van der Waals surface area contributed by atoms with E-state index in [2.05, 4.69) is 20.7 Å². The van der Waals surface area contributed by atoms with Crippen molar-refractivity contribution in [3.63, 3.8) is 0 Å². The minimum atomic E-state index is -3.57. The summed E-state index contributed by atoms with van der Waals surface area (Å²) in [5.74, 6) is 0.211. The lowest BCUT2D eigenvalue weighted by Gasteiger charge is -2.26. The van der Waals surface area contributed by atoms with Crippen LogP contribution in [0, 0.1) is 0 Å². The Labute approximate surface area is 124 Å². The van der Waals surface area contributed by atoms with E-state index >= 15 is 0 Å². The van der Waals surface area contributed by atoms with Crippen LogP contribution in [0.15, 0.2) is 14.1 Å². The molecule has 0 saturated carbocycles. The summed E-state index contributed by atoms with van der Waals surface area (Å²) in [5.41, 5.74) is -0.649. The predicted octanol–water partition coefficient (Wildman–Crippen LogP) is 3.85. The molecule has 1 unspecified atom stereocenters. The van der Waals surface area contributed by atoms with Gasteiger partial charge in [0.25, 0.3) is 10.0 Å². The summed E-state index contributed by atoms with van der Waals surface area (Å²) < 4.78 is 27.6. The fourth-order valence-electron chi connectivity index (χ4n) is 1.03. The number of halogens is 3. The van der Waals surface area contributed by atoms with Gasteiger partial charge in [0.05, 0.1) is 8.81 Å². The molecule has 1 heterocycles. The third kappa shape index (κ3) is 3.81. The van der Waals surface area contributed by atoms with Crippen molar-refractivity contribution >= 4 is 60.5 Å². The van der Waals surface area contributed by atoms with Crippen molar-refractivity contribution in [1.29, 1.82) is 0 Å². The second-order valence-electron chi connectivity index (χ2n) is 3.84. The van der Waals surface area contributed by atoms with E-state index in [1.807, 2.05) is 6.92 Å². The molecule has 1 atom stereocenters. The van der Waals surface area contributed by atoms with Crippen molar-refractivity contribution in [2.24, 2.45) is 0 Å². The Morgan fingerprint density at radius 3 is 2.53 bits per heavy atom. The first-order chi connectivity index (χ1) is 7.74. The van der Waals surface area contributed by atoms with Gasteiger partial charge < -0.3 is 0 Å². The molecule has 0 bridgehead atoms. The Morgan fingerprint density at radius 1 is 1.59 bits per heavy atom. The van der Waals surface area contributed by atoms with Gasteiger partial charge in [0.2, 0.25) is 0 Å². The van der Waals surface area contributed by atoms with E-state index in [4.69, 9.17) is 23.2 Å². The van der Waals surface area contributed by atoms with Crippen LogP contribution in [0.2, 0.25) is 5.02 Å². The van der Waals surface area contributed by atoms with Gasteiger partial charge >= 0.3 is 0 Å². The summed E-state index contributed by atoms with van der Waals surface area (Å²) >= 11 is 15.9. The van der Waals surface area contributed by atoms with Crippen molar-refractivity contribution in [3.8, 4) is 0 Å². The van der Waals surface area contributed by atoms with Gasteiger partial charge in [-0.2, -0.15) is 0 Å². The molecule has 0 aliphatic carbocycles. The van der Waals surface area contributed by atoms with Crippen molar-refractivity contribution in [2.45, 2.75) is 30.0 Å². The number of sulfonamides is 1. The highest BCUT2D eigenvalue weighted by molar-refractivity contribution is 9.11. The van der Waals surface area contributed by atoms with Gasteiger partial charge in [0.1, 0.15) is 4.21 Å². The Morgan fingerprint density at radius 2 is 2.18 bits per heavy atom. The molecule has 17 heavy (non-hydrogen) atoms. The first-order valence-electron chi connectivity index (χ1n) is 4.79. The van der Waals surface area contributed by atoms with E-state index in [-0.39, 0.29) is 10.1 Å². The van der Waals surface area contributed by atoms with Crippen LogP contribution in [0.1, 0.15) is 20.3 Å². The number of rotatable bonds is 5. The highest BCUT2D eigenvalue weighted by Crippen LogP contribution is 2.35. The molecule has 0 fully saturated rings. The molecule has 0 spiro atoms. The maximum Gasteiger partial charge on any atom is 0.250 e. The molecule has 0 aliphatic heterocycles. The molecule has 0 radical (unpaired) electrons. The van der Waals surface area contributed by atoms with Gasteiger partial charge in [0, 0.05) is 11.4 Å². The highest BCUT2D eigenvalue weighted by Gasteiger charge is 2.29. The van der Waals surface area contributed by atoms with Crippen LogP contribution in [-0.2, 0) is 10.0 Å². The molecule has 98 valence electrons. The number of hydrogen-bond acceptors (Lipinski definition) is 3. The SMILES string of the molecule is CCC(C)(CCl)NS(=O)(=O)c1cc(Cl)c(Br)s1. The van der Waals surface area contributed by atoms with E-state index in [9.17, 15) is 8.42 Å². The lowest BCUT2D eigenvalue weighted by Crippen LogP contribution is -2.46. The summed E-state index contributed by atoms with van der Waals surface area (Å²) in [6.45, 7) is 3.64. The molecule has 3 nitrogen and oxygen atoms in total. The van der Waals surface area contributed by atoms with Crippen LogP contribution in [0.3, 0.4) is 0 Å². The summed E-state index contributed by atoms with van der Waals surface area (Å²) in [6.07, 6.45) is 0.607. The van der Waals surface area contributed by atoms with Crippen LogP contribution in [0.25, 0.3) is 0 Å². The molecule has 0 saturated heterocycles. The average Bonchev–Trinajstić information content (AvgIpc) is 2.59. The van der Waals surface area contributed by atoms with Gasteiger partial charge in [-0.1, -0.05) is 18.5 Å². The zero-order chi connectivity index (χ0) is 13.3. The Hall–Kier alpha value is 0.670. The summed E-state index contributed by atoms with van der Waals surface area (Å²) in [6, 6.07) is 1.42. The van der Waals surface area contributed by atoms with Crippen molar-refractivity contribution in [3.05, 3.63) is 14.9 Å². The zero-order valence-electron chi connectivity index (χ0n) is 9.26. The standard InChI is InChI=1S/C9H12BrCl2NO2S2/c1-3-9(2,5-11)13-17(14,15)7-4-6(12)8(10)16-7/h4,13H,3,5H2,1-2H3. The molecule has 1 aromatic heterocycles. The molecular weight excluding hydrogens is 369 g/mol. The third-order valence-electron chi connectivity index (χ3n) is 2.34. The molecule has 0 aromatic carbocycles. The number of hydrogen-bond donors (Lipinski definition) is 1. The van der Waals surface area contributed by atoms with E-state index in [0.717, 1.165) is 11.3 Å². The summed E-state index contributed by atoms with van der Waals surface area (Å²) in [7, 11) is -3.57. The van der Waals surface area contributed by atoms with Crippen LogP contribution in [0.4, 0.5) is 0 Å². The number of nitrogens with one attached hydrogen (secondary N) is 1. The second-order valence-corrected chi connectivity index (χ2v) is 8.79. The van der Waals surface area contributed by atoms with Crippen LogP contribution < -0.4 is 4.72 Å². The Balaban J connectivity index is 3.04. The molecule has 1 aromatic rings. The van der Waals surface area contributed by atoms with Crippen LogP contribution in [0.5, 0.6) is 0 Å². The van der Waals surface area contributed by atoms with Crippen molar-refractivity contribution < 1.29 is 8.42 Å². The van der Waals surface area contributed by atoms with Crippen LogP contribution in [-0.4, -0.2) is 19.8 Å². The average molecular weight is 381 g/mol. The van der Waals surface area contributed by atoms with E-state index < -0.39 is 15.6 Å². The van der Waals surface area contributed by atoms with Gasteiger partial charge in [-0.05, 0) is 35.3 Å². The van der Waals surface area contributed by atoms with E-state index in [1.54, 1.807) is 6.92 Å². The second kappa shape index (κ2) is 5.75. The predicted molar refractivity (Wildman–Crippen MR) is 76.8 cm³/mol. The van der Waals surface area contributed by atoms with Crippen molar-refractivity contribution in [1.82, 2.24) is 4.72 Å². The minimum Gasteiger partial charge on any atom is -0.206 e. The van der Waals surface area contributed by atoms with Gasteiger partial charge in [-0.3, -0.25) is 0 Å². The quantitative estimate of drug-likeness (QED) is 0.788. The first-order valence-corrected chi connectivity index (χ1v) is 8.79. The summed E-state index contributed by atoms with van der Waals surface area (Å²) in [4.78, 5) is 0. The minimum absolute atomic E-state index is 0.180. The van der Waals surface area contributed by atoms with Crippen molar-refractivity contribution in [2.75, 3.05) is 5.88 Å². The van der Waals surface area contributed by atoms with Crippen LogP contribution >= 0.6 is 50.5 Å². The maximum absolute atomic E-state index is 12.1. The normalized spacial score (nSPS) is 15.8. The Bertz CT molecular complexity index is 478. The molecule has 0 aliphatic rings. The summed E-state index contributed by atoms with van der Waals surface area (Å²) in [5, 5.41) is 0.388. The topological polar surface area (TPSA) is 46.2 Å². The van der Waals surface area contributed by atoms with E-state index in [0.29, 0.717) is 15.2 Å². The van der Waals surface area contributed by atoms with E-state index in [1.165, 1.54) is 6.07 Å². The highest BCUT2D eigenvalue weighted by atomic mass is 79.9. The first kappa shape index (κ1) is 15.7. The van der Waals surface area contributed by atoms with Gasteiger partial charge in [-0.25, -0.2) is 13.1 Å². The molecule has 8 heteroatoms. The smallest absolute Gasteiger partial charge is 0.206 e. The Kier molecular flexibility index (Phi) is 5.32. The molecule has 1 rings (SSSR count). The van der Waals surface area contributed by atoms with Gasteiger partial charge in [0.15, 0.2) is 0 Å². The number of alkyl halides is 1. The lowest BCUT2D eigenvalue weighted by molar-refractivity contribution is 0.445. The fraction of sp³-hybridized carbons (Fsp3) is 0.556. The monoisotopic (exact) mass is 379 g/mol. The number of thiophene rings is 1. The largest absolute Gasteiger partial charge is 0.250 e. The maximum atomic E-state index is 12.1. The lowest BCUT2D eigenvalue weighted by atomic mass is 10.0. The molecule has 0 amide bonds. The fourth-order valence-corrected chi connectivity index (χ4v) is 5.24. The molecular formula is C9H12BrCl2NO2S2. The molecule has 1 N–H and O–H groups in total.